The molecule has 2 aromatic heterocycles. The number of aromatic nitrogens is 3. The van der Waals surface area contributed by atoms with Crippen LogP contribution in [0.15, 0.2) is 95.4 Å². The Morgan fingerprint density at radius 1 is 0.929 bits per heavy atom. The molecule has 0 amide bonds. The Labute approximate surface area is 243 Å². The van der Waals surface area contributed by atoms with Crippen molar-refractivity contribution in [3.8, 4) is 34.5 Å². The van der Waals surface area contributed by atoms with Crippen LogP contribution in [0.1, 0.15) is 29.6 Å². The van der Waals surface area contributed by atoms with E-state index in [0.717, 1.165) is 16.8 Å². The predicted octanol–water partition coefficient (Wildman–Crippen LogP) is 6.58. The van der Waals surface area contributed by atoms with Gasteiger partial charge in [0, 0.05) is 17.7 Å². The first-order valence-electron chi connectivity index (χ1n) is 13.5. The van der Waals surface area contributed by atoms with Crippen molar-refractivity contribution in [3.63, 3.8) is 0 Å². The molecule has 0 fully saturated rings. The van der Waals surface area contributed by atoms with Crippen LogP contribution in [-0.2, 0) is 22.7 Å². The number of rotatable bonds is 12. The van der Waals surface area contributed by atoms with Gasteiger partial charge in [-0.1, -0.05) is 42.5 Å². The van der Waals surface area contributed by atoms with Crippen LogP contribution >= 0.6 is 0 Å². The molecule has 42 heavy (non-hydrogen) atoms. The van der Waals surface area contributed by atoms with Gasteiger partial charge in [-0.15, -0.1) is 5.10 Å². The predicted molar refractivity (Wildman–Crippen MR) is 158 cm³/mol. The van der Waals surface area contributed by atoms with Crippen LogP contribution in [0, 0.1) is 6.92 Å². The molecule has 0 saturated carbocycles. The molecule has 0 aliphatic carbocycles. The SMILES string of the molecule is CCOC(=O)/C=C/c1cc(OCc2ccc(OCc3nc(-c4ccccc4)oc3C)c(OC)c2)nn1-c1ccccc1. The molecule has 9 heteroatoms. The Kier molecular flexibility index (Phi) is 8.98. The van der Waals surface area contributed by atoms with E-state index in [2.05, 4.69) is 10.1 Å². The van der Waals surface area contributed by atoms with Gasteiger partial charge in [-0.25, -0.2) is 14.5 Å². The minimum atomic E-state index is -0.425. The zero-order chi connectivity index (χ0) is 29.3. The number of oxazole rings is 1. The molecule has 0 radical (unpaired) electrons. The van der Waals surface area contributed by atoms with Crippen molar-refractivity contribution in [2.24, 2.45) is 0 Å². The van der Waals surface area contributed by atoms with Crippen LogP contribution in [0.25, 0.3) is 23.2 Å². The smallest absolute Gasteiger partial charge is 0.330 e. The highest BCUT2D eigenvalue weighted by Crippen LogP contribution is 2.30. The van der Waals surface area contributed by atoms with Crippen LogP contribution < -0.4 is 14.2 Å². The summed E-state index contributed by atoms with van der Waals surface area (Å²) in [5.74, 6) is 2.37. The first-order chi connectivity index (χ1) is 20.5. The monoisotopic (exact) mass is 565 g/mol. The van der Waals surface area contributed by atoms with E-state index in [1.165, 1.54) is 6.08 Å². The van der Waals surface area contributed by atoms with Gasteiger partial charge in [0.05, 0.1) is 25.1 Å². The minimum absolute atomic E-state index is 0.230. The first kappa shape index (κ1) is 28.2. The molecule has 2 heterocycles. The third kappa shape index (κ3) is 6.87. The summed E-state index contributed by atoms with van der Waals surface area (Å²) in [6.45, 7) is 4.41. The molecule has 5 aromatic rings. The lowest BCUT2D eigenvalue weighted by atomic mass is 10.2. The fourth-order valence-electron chi connectivity index (χ4n) is 4.17. The maximum absolute atomic E-state index is 11.9. The largest absolute Gasteiger partial charge is 0.493 e. The Hall–Kier alpha value is -5.31. The summed E-state index contributed by atoms with van der Waals surface area (Å²) in [5, 5.41) is 4.59. The van der Waals surface area contributed by atoms with Crippen LogP contribution in [0.5, 0.6) is 17.4 Å². The topological polar surface area (TPSA) is 97.8 Å². The number of nitrogens with zero attached hydrogens (tertiary/aromatic N) is 3. The number of carbonyl (C=O) groups excluding carboxylic acids is 1. The van der Waals surface area contributed by atoms with Gasteiger partial charge < -0.3 is 23.4 Å². The number of benzene rings is 3. The molecule has 0 bridgehead atoms. The lowest BCUT2D eigenvalue weighted by Gasteiger charge is -2.12. The summed E-state index contributed by atoms with van der Waals surface area (Å²) in [7, 11) is 1.59. The molecule has 5 rings (SSSR count). The van der Waals surface area contributed by atoms with Gasteiger partial charge in [0.15, 0.2) is 11.5 Å². The Balaban J connectivity index is 1.27. The second-order valence-corrected chi connectivity index (χ2v) is 9.19. The number of methoxy groups -OCH3 is 1. The lowest BCUT2D eigenvalue weighted by Crippen LogP contribution is -2.02. The van der Waals surface area contributed by atoms with Crippen molar-refractivity contribution in [3.05, 3.63) is 114 Å². The molecule has 0 spiro atoms. The normalized spacial score (nSPS) is 11.0. The quantitative estimate of drug-likeness (QED) is 0.124. The molecule has 0 saturated heterocycles. The molecule has 0 atom stereocenters. The van der Waals surface area contributed by atoms with Crippen molar-refractivity contribution < 1.29 is 28.2 Å². The van der Waals surface area contributed by atoms with Crippen LogP contribution in [0.3, 0.4) is 0 Å². The molecule has 0 N–H and O–H groups in total. The van der Waals surface area contributed by atoms with Gasteiger partial charge in [0.2, 0.25) is 11.8 Å². The van der Waals surface area contributed by atoms with Crippen LogP contribution in [0.2, 0.25) is 0 Å². The summed E-state index contributed by atoms with van der Waals surface area (Å²) in [5.41, 5.74) is 3.98. The Morgan fingerprint density at radius 2 is 1.69 bits per heavy atom. The van der Waals surface area contributed by atoms with Gasteiger partial charge >= 0.3 is 5.97 Å². The molecular weight excluding hydrogens is 534 g/mol. The molecule has 9 nitrogen and oxygen atoms in total. The number of aryl methyl sites for hydroxylation is 1. The molecule has 214 valence electrons. The third-order valence-corrected chi connectivity index (χ3v) is 6.28. The van der Waals surface area contributed by atoms with E-state index in [-0.39, 0.29) is 13.2 Å². The number of esters is 1. The standard InChI is InChI=1S/C33H31N3O6/c1-4-39-32(37)18-16-27-20-31(35-36(27)26-13-9-6-10-14-26)41-21-24-15-17-29(30(19-24)38-3)40-22-28-23(2)42-33(34-28)25-11-7-5-8-12-25/h5-20H,4,21-22H2,1-3H3/b18-16+. The Morgan fingerprint density at radius 3 is 2.43 bits per heavy atom. The fourth-order valence-corrected chi connectivity index (χ4v) is 4.17. The number of carbonyl (C=O) groups is 1. The minimum Gasteiger partial charge on any atom is -0.493 e. The highest BCUT2D eigenvalue weighted by atomic mass is 16.5. The van der Waals surface area contributed by atoms with Crippen molar-refractivity contribution in [2.75, 3.05) is 13.7 Å². The van der Waals surface area contributed by atoms with E-state index in [4.69, 9.17) is 23.4 Å². The molecule has 3 aromatic carbocycles. The number of ether oxygens (including phenoxy) is 4. The average Bonchev–Trinajstić information content (AvgIpc) is 3.62. The van der Waals surface area contributed by atoms with E-state index < -0.39 is 5.97 Å². The average molecular weight is 566 g/mol. The lowest BCUT2D eigenvalue weighted by molar-refractivity contribution is -0.137. The summed E-state index contributed by atoms with van der Waals surface area (Å²) in [6.07, 6.45) is 3.02. The summed E-state index contributed by atoms with van der Waals surface area (Å²) >= 11 is 0. The summed E-state index contributed by atoms with van der Waals surface area (Å²) < 4.78 is 30.2. The van der Waals surface area contributed by atoms with E-state index in [0.29, 0.717) is 47.0 Å². The van der Waals surface area contributed by atoms with Crippen molar-refractivity contribution in [1.29, 1.82) is 0 Å². The van der Waals surface area contributed by atoms with Gasteiger partial charge in [-0.2, -0.15) is 0 Å². The summed E-state index contributed by atoms with van der Waals surface area (Å²) in [6, 6.07) is 26.7. The van der Waals surface area contributed by atoms with Crippen molar-refractivity contribution in [1.82, 2.24) is 14.8 Å². The van der Waals surface area contributed by atoms with E-state index >= 15 is 0 Å². The van der Waals surface area contributed by atoms with Gasteiger partial charge in [0.1, 0.15) is 24.7 Å². The maximum Gasteiger partial charge on any atom is 0.330 e. The number of para-hydroxylation sites is 1. The van der Waals surface area contributed by atoms with Gasteiger partial charge in [-0.3, -0.25) is 0 Å². The highest BCUT2D eigenvalue weighted by Gasteiger charge is 2.15. The number of hydrogen-bond donors (Lipinski definition) is 0. The van der Waals surface area contributed by atoms with Gasteiger partial charge in [-0.05, 0) is 61.9 Å². The van der Waals surface area contributed by atoms with E-state index in [1.54, 1.807) is 30.9 Å². The van der Waals surface area contributed by atoms with E-state index in [1.807, 2.05) is 85.8 Å². The highest BCUT2D eigenvalue weighted by molar-refractivity contribution is 5.86. The van der Waals surface area contributed by atoms with E-state index in [9.17, 15) is 4.79 Å². The number of hydrogen-bond acceptors (Lipinski definition) is 8. The zero-order valence-electron chi connectivity index (χ0n) is 23.7. The van der Waals surface area contributed by atoms with Crippen molar-refractivity contribution >= 4 is 12.0 Å². The molecule has 0 unspecified atom stereocenters. The molecule has 0 aliphatic heterocycles. The van der Waals surface area contributed by atoms with Gasteiger partial charge in [0.25, 0.3) is 0 Å². The van der Waals surface area contributed by atoms with Crippen molar-refractivity contribution in [2.45, 2.75) is 27.1 Å². The van der Waals surface area contributed by atoms with Crippen LogP contribution in [0.4, 0.5) is 0 Å². The Bertz CT molecular complexity index is 1660. The maximum atomic E-state index is 11.9. The second kappa shape index (κ2) is 13.4. The molecular formula is C33H31N3O6. The summed E-state index contributed by atoms with van der Waals surface area (Å²) in [4.78, 5) is 16.5. The third-order valence-electron chi connectivity index (χ3n) is 6.28. The first-order valence-corrected chi connectivity index (χ1v) is 13.5. The second-order valence-electron chi connectivity index (χ2n) is 9.19. The molecule has 0 aliphatic rings. The van der Waals surface area contributed by atoms with Crippen LogP contribution in [-0.4, -0.2) is 34.5 Å². The zero-order valence-corrected chi connectivity index (χ0v) is 23.7. The fraction of sp³-hybridized carbons (Fsp3) is 0.182.